The molecule has 0 saturated heterocycles. The first kappa shape index (κ1) is 37.7. The fourth-order valence-electron chi connectivity index (χ4n) is 8.98. The van der Waals surface area contributed by atoms with E-state index in [4.69, 9.17) is 0 Å². The van der Waals surface area contributed by atoms with Gasteiger partial charge < -0.3 is 4.90 Å². The molecule has 0 aromatic heterocycles. The summed E-state index contributed by atoms with van der Waals surface area (Å²) in [6, 6.07) is 94.8. The predicted molar refractivity (Wildman–Crippen MR) is 269 cm³/mol. The summed E-state index contributed by atoms with van der Waals surface area (Å²) in [6.07, 6.45) is 0. The first-order valence-corrected chi connectivity index (χ1v) is 21.7. The molecule has 1 heteroatoms. The Labute approximate surface area is 369 Å². The van der Waals surface area contributed by atoms with Gasteiger partial charge in [0.1, 0.15) is 0 Å². The second kappa shape index (κ2) is 16.7. The van der Waals surface area contributed by atoms with Gasteiger partial charge in [-0.25, -0.2) is 0 Å². The monoisotopic (exact) mass is 801 g/mol. The maximum absolute atomic E-state index is 2.43. The molecule has 0 radical (unpaired) electrons. The molecule has 63 heavy (non-hydrogen) atoms. The topological polar surface area (TPSA) is 3.24 Å². The van der Waals surface area contributed by atoms with Crippen molar-refractivity contribution in [1.82, 2.24) is 0 Å². The number of benzene rings is 11. The zero-order valence-electron chi connectivity index (χ0n) is 34.8. The third-order valence-corrected chi connectivity index (χ3v) is 12.3. The summed E-state index contributed by atoms with van der Waals surface area (Å²) in [7, 11) is 0. The van der Waals surface area contributed by atoms with Gasteiger partial charge in [0.15, 0.2) is 0 Å². The van der Waals surface area contributed by atoms with E-state index in [9.17, 15) is 0 Å². The second-order valence-electron chi connectivity index (χ2n) is 16.1. The maximum Gasteiger partial charge on any atom is 0.0546 e. The molecule has 11 rings (SSSR count). The van der Waals surface area contributed by atoms with Crippen molar-refractivity contribution in [1.29, 1.82) is 0 Å². The molecule has 0 N–H and O–H groups in total. The second-order valence-corrected chi connectivity index (χ2v) is 16.1. The molecule has 296 valence electrons. The Kier molecular flexibility index (Phi) is 9.97. The van der Waals surface area contributed by atoms with Crippen LogP contribution < -0.4 is 4.90 Å². The number of nitrogens with zero attached hydrogens (tertiary/aromatic N) is 1. The van der Waals surface area contributed by atoms with E-state index in [0.29, 0.717) is 0 Å². The van der Waals surface area contributed by atoms with Gasteiger partial charge in [-0.1, -0.05) is 212 Å². The Balaban J connectivity index is 1.08. The van der Waals surface area contributed by atoms with E-state index in [-0.39, 0.29) is 0 Å². The molecule has 0 atom stereocenters. The molecule has 0 fully saturated rings. The highest BCUT2D eigenvalue weighted by atomic mass is 15.1. The van der Waals surface area contributed by atoms with E-state index in [1.54, 1.807) is 0 Å². The van der Waals surface area contributed by atoms with Gasteiger partial charge in [-0.2, -0.15) is 0 Å². The Morgan fingerprint density at radius 3 is 1.13 bits per heavy atom. The van der Waals surface area contributed by atoms with Crippen LogP contribution in [0.25, 0.3) is 88.3 Å². The van der Waals surface area contributed by atoms with Crippen molar-refractivity contribution in [3.8, 4) is 66.8 Å². The van der Waals surface area contributed by atoms with Crippen LogP contribution in [0.5, 0.6) is 0 Å². The van der Waals surface area contributed by atoms with Crippen LogP contribution in [0, 0.1) is 0 Å². The molecule has 0 aliphatic carbocycles. The largest absolute Gasteiger partial charge is 0.310 e. The van der Waals surface area contributed by atoms with E-state index in [1.165, 1.54) is 71.6 Å². The third-order valence-electron chi connectivity index (χ3n) is 12.3. The lowest BCUT2D eigenvalue weighted by Gasteiger charge is -2.29. The van der Waals surface area contributed by atoms with E-state index in [0.717, 1.165) is 33.8 Å². The van der Waals surface area contributed by atoms with Crippen molar-refractivity contribution in [3.63, 3.8) is 0 Å². The minimum atomic E-state index is 1.08. The van der Waals surface area contributed by atoms with Crippen molar-refractivity contribution in [2.75, 3.05) is 4.90 Å². The van der Waals surface area contributed by atoms with Crippen molar-refractivity contribution in [2.24, 2.45) is 0 Å². The Morgan fingerprint density at radius 2 is 0.556 bits per heavy atom. The van der Waals surface area contributed by atoms with Gasteiger partial charge >= 0.3 is 0 Å². The smallest absolute Gasteiger partial charge is 0.0546 e. The maximum atomic E-state index is 2.43. The van der Waals surface area contributed by atoms with Gasteiger partial charge in [0, 0.05) is 16.9 Å². The van der Waals surface area contributed by atoms with Gasteiger partial charge in [-0.3, -0.25) is 0 Å². The molecule has 0 saturated carbocycles. The third kappa shape index (κ3) is 7.58. The lowest BCUT2D eigenvalue weighted by Crippen LogP contribution is -2.11. The number of fused-ring (bicyclic) bond motifs is 2. The van der Waals surface area contributed by atoms with Gasteiger partial charge in [0.05, 0.1) is 5.69 Å². The Hall–Kier alpha value is -8.26. The summed E-state index contributed by atoms with van der Waals surface area (Å²) < 4.78 is 0. The zero-order chi connectivity index (χ0) is 42.0. The van der Waals surface area contributed by atoms with Gasteiger partial charge in [-0.15, -0.1) is 0 Å². The molecule has 0 bridgehead atoms. The highest BCUT2D eigenvalue weighted by Gasteiger charge is 2.20. The molecule has 0 aliphatic heterocycles. The molecule has 0 heterocycles. The van der Waals surface area contributed by atoms with Crippen molar-refractivity contribution >= 4 is 38.6 Å². The average Bonchev–Trinajstić information content (AvgIpc) is 3.37. The SMILES string of the molecule is c1ccc(-c2ccc(N(c3ccc(-c4ccc(-c5ccccc5)c(-c5ccccc5)c4)cc3)c3cc(-c4ccc5ccccc5c4)ccc3-c3ccc4ccccc4c3)cc2)cc1. The normalized spacial score (nSPS) is 11.2. The average molecular weight is 802 g/mol. The molecular weight excluding hydrogens is 759 g/mol. The molecule has 11 aromatic carbocycles. The predicted octanol–water partition coefficient (Wildman–Crippen LogP) is 17.5. The quantitative estimate of drug-likeness (QED) is 0.141. The number of hydrogen-bond donors (Lipinski definition) is 0. The lowest BCUT2D eigenvalue weighted by molar-refractivity contribution is 1.28. The van der Waals surface area contributed by atoms with Gasteiger partial charge in [0.2, 0.25) is 0 Å². The van der Waals surface area contributed by atoms with Crippen molar-refractivity contribution in [3.05, 3.63) is 261 Å². The molecule has 0 spiro atoms. The molecular formula is C62H43N. The summed E-state index contributed by atoms with van der Waals surface area (Å²) in [5.74, 6) is 0. The summed E-state index contributed by atoms with van der Waals surface area (Å²) in [4.78, 5) is 2.43. The highest BCUT2D eigenvalue weighted by molar-refractivity contribution is 5.96. The molecule has 0 aliphatic rings. The minimum absolute atomic E-state index is 1.08. The summed E-state index contributed by atoms with van der Waals surface area (Å²) in [5.41, 5.74) is 17.5. The number of rotatable bonds is 9. The summed E-state index contributed by atoms with van der Waals surface area (Å²) in [5, 5.41) is 4.91. The molecule has 0 unspecified atom stereocenters. The van der Waals surface area contributed by atoms with Crippen LogP contribution in [-0.2, 0) is 0 Å². The van der Waals surface area contributed by atoms with E-state index >= 15 is 0 Å². The van der Waals surface area contributed by atoms with E-state index in [1.807, 2.05) is 0 Å². The summed E-state index contributed by atoms with van der Waals surface area (Å²) >= 11 is 0. The first-order chi connectivity index (χ1) is 31.2. The highest BCUT2D eigenvalue weighted by Crippen LogP contribution is 2.45. The van der Waals surface area contributed by atoms with E-state index < -0.39 is 0 Å². The fourth-order valence-corrected chi connectivity index (χ4v) is 8.98. The minimum Gasteiger partial charge on any atom is -0.310 e. The van der Waals surface area contributed by atoms with Gasteiger partial charge in [0.25, 0.3) is 0 Å². The molecule has 0 amide bonds. The molecule has 11 aromatic rings. The number of anilines is 3. The van der Waals surface area contributed by atoms with Crippen LogP contribution in [0.1, 0.15) is 0 Å². The number of hydrogen-bond acceptors (Lipinski definition) is 1. The first-order valence-electron chi connectivity index (χ1n) is 21.7. The van der Waals surface area contributed by atoms with Crippen LogP contribution in [0.2, 0.25) is 0 Å². The van der Waals surface area contributed by atoms with E-state index in [2.05, 4.69) is 266 Å². The van der Waals surface area contributed by atoms with Crippen molar-refractivity contribution in [2.45, 2.75) is 0 Å². The van der Waals surface area contributed by atoms with Crippen molar-refractivity contribution < 1.29 is 0 Å². The lowest BCUT2D eigenvalue weighted by atomic mass is 9.91. The fraction of sp³-hybridized carbons (Fsp3) is 0. The van der Waals surface area contributed by atoms with Crippen LogP contribution in [0.4, 0.5) is 17.1 Å². The van der Waals surface area contributed by atoms with Gasteiger partial charge in [-0.05, 0) is 131 Å². The van der Waals surface area contributed by atoms with Crippen LogP contribution >= 0.6 is 0 Å². The standard InChI is InChI=1S/C62H43N/c1-4-14-44(15-5-1)47-28-34-57(35-29-47)63(58-36-30-48(31-37-58)54-32-38-59(49-18-6-2-7-19-49)61(42-54)50-20-8-3-9-21-50)62-43-55(53-26-24-45-16-10-12-22-51(45)40-53)33-39-60(62)56-27-25-46-17-11-13-23-52(46)41-56/h1-43H. The Morgan fingerprint density at radius 1 is 0.190 bits per heavy atom. The Bertz CT molecular complexity index is 3350. The summed E-state index contributed by atoms with van der Waals surface area (Å²) in [6.45, 7) is 0. The zero-order valence-corrected chi connectivity index (χ0v) is 34.8. The van der Waals surface area contributed by atoms with Crippen LogP contribution in [0.3, 0.4) is 0 Å². The van der Waals surface area contributed by atoms with Crippen LogP contribution in [-0.4, -0.2) is 0 Å². The molecule has 1 nitrogen and oxygen atoms in total. The van der Waals surface area contributed by atoms with Crippen LogP contribution in [0.15, 0.2) is 261 Å².